The maximum absolute atomic E-state index is 13.1. The van der Waals surface area contributed by atoms with E-state index in [4.69, 9.17) is 4.42 Å². The Bertz CT molecular complexity index is 1370. The van der Waals surface area contributed by atoms with Gasteiger partial charge in [0.2, 0.25) is 5.89 Å². The first kappa shape index (κ1) is 25.0. The smallest absolute Gasteiger partial charge is 0.277 e. The molecule has 4 aromatic rings. The van der Waals surface area contributed by atoms with Gasteiger partial charge in [-0.1, -0.05) is 0 Å². The number of rotatable bonds is 5. The number of aryl methyl sites for hydroxylation is 1. The topological polar surface area (TPSA) is 109 Å². The number of carbonyl (C=O) groups is 1. The SMILES string of the molecule is Cc1cc(-c2nc(C(=O)Nc3cc4c(cnn4C4CC4)cc3N3CC[C@H](O)C3)co2)ccn1.Cl.S. The Hall–Kier alpha value is -3.08. The predicted octanol–water partition coefficient (Wildman–Crippen LogP) is 4.09. The molecule has 1 aromatic carbocycles. The monoisotopic (exact) mass is 514 g/mol. The van der Waals surface area contributed by atoms with Gasteiger partial charge in [-0.2, -0.15) is 18.6 Å². The Morgan fingerprint density at radius 2 is 2.06 bits per heavy atom. The molecule has 1 aliphatic heterocycles. The number of fused-ring (bicyclic) bond motifs is 1. The molecule has 6 rings (SSSR count). The van der Waals surface area contributed by atoms with Crippen LogP contribution < -0.4 is 10.2 Å². The fraction of sp³-hybridized carbons (Fsp3) is 0.333. The fourth-order valence-corrected chi connectivity index (χ4v) is 4.39. The van der Waals surface area contributed by atoms with Crippen LogP contribution in [0.2, 0.25) is 0 Å². The van der Waals surface area contributed by atoms with E-state index in [2.05, 4.69) is 25.3 Å². The minimum atomic E-state index is -0.375. The molecule has 184 valence electrons. The van der Waals surface area contributed by atoms with Crippen molar-refractivity contribution in [2.24, 2.45) is 0 Å². The van der Waals surface area contributed by atoms with E-state index in [0.717, 1.165) is 47.2 Å². The third-order valence-corrected chi connectivity index (χ3v) is 6.24. The van der Waals surface area contributed by atoms with E-state index < -0.39 is 0 Å². The van der Waals surface area contributed by atoms with E-state index in [1.165, 1.54) is 6.26 Å². The van der Waals surface area contributed by atoms with Crippen molar-refractivity contribution in [1.82, 2.24) is 19.7 Å². The number of hydrogen-bond acceptors (Lipinski definition) is 7. The lowest BCUT2D eigenvalue weighted by atomic mass is 10.1. The third kappa shape index (κ3) is 4.86. The van der Waals surface area contributed by atoms with Gasteiger partial charge in [0.25, 0.3) is 5.91 Å². The molecule has 0 unspecified atom stereocenters. The van der Waals surface area contributed by atoms with Crippen molar-refractivity contribution in [2.45, 2.75) is 38.3 Å². The molecule has 1 aliphatic carbocycles. The summed E-state index contributed by atoms with van der Waals surface area (Å²) in [4.78, 5) is 23.8. The first-order valence-corrected chi connectivity index (χ1v) is 11.2. The van der Waals surface area contributed by atoms with Crippen LogP contribution in [0.3, 0.4) is 0 Å². The Kier molecular flexibility index (Phi) is 7.07. The predicted molar refractivity (Wildman–Crippen MR) is 141 cm³/mol. The molecule has 35 heavy (non-hydrogen) atoms. The van der Waals surface area contributed by atoms with Gasteiger partial charge in [0.15, 0.2) is 5.69 Å². The lowest BCUT2D eigenvalue weighted by Gasteiger charge is -2.22. The summed E-state index contributed by atoms with van der Waals surface area (Å²) in [5.74, 6) is 0.0180. The number of oxazole rings is 1. The van der Waals surface area contributed by atoms with Crippen LogP contribution >= 0.6 is 25.9 Å². The van der Waals surface area contributed by atoms with Crippen molar-refractivity contribution in [1.29, 1.82) is 0 Å². The largest absolute Gasteiger partial charge is 0.444 e. The quantitative estimate of drug-likeness (QED) is 0.413. The van der Waals surface area contributed by atoms with Gasteiger partial charge in [0, 0.05) is 35.9 Å². The zero-order valence-corrected chi connectivity index (χ0v) is 21.0. The average molecular weight is 515 g/mol. The van der Waals surface area contributed by atoms with Crippen LogP contribution in [0, 0.1) is 6.92 Å². The molecule has 4 heterocycles. The summed E-state index contributed by atoms with van der Waals surface area (Å²) in [6, 6.07) is 8.10. The highest BCUT2D eigenvalue weighted by molar-refractivity contribution is 7.59. The number of nitrogens with zero attached hydrogens (tertiary/aromatic N) is 5. The fourth-order valence-electron chi connectivity index (χ4n) is 4.39. The maximum Gasteiger partial charge on any atom is 0.277 e. The second-order valence-corrected chi connectivity index (χ2v) is 8.81. The van der Waals surface area contributed by atoms with Crippen molar-refractivity contribution >= 4 is 54.1 Å². The highest BCUT2D eigenvalue weighted by Gasteiger charge is 2.28. The van der Waals surface area contributed by atoms with E-state index in [9.17, 15) is 9.90 Å². The van der Waals surface area contributed by atoms with Gasteiger partial charge in [-0.25, -0.2) is 4.98 Å². The number of halogens is 1. The number of carbonyl (C=O) groups excluding carboxylic acids is 1. The van der Waals surface area contributed by atoms with Crippen molar-refractivity contribution < 1.29 is 14.3 Å². The normalized spacial score (nSPS) is 17.2. The van der Waals surface area contributed by atoms with E-state index >= 15 is 0 Å². The van der Waals surface area contributed by atoms with Crippen LogP contribution in [0.15, 0.2) is 47.3 Å². The van der Waals surface area contributed by atoms with Crippen LogP contribution in [0.25, 0.3) is 22.4 Å². The van der Waals surface area contributed by atoms with Gasteiger partial charge in [-0.3, -0.25) is 14.5 Å². The van der Waals surface area contributed by atoms with Crippen LogP contribution in [0.5, 0.6) is 0 Å². The van der Waals surface area contributed by atoms with Gasteiger partial charge in [0.1, 0.15) is 6.26 Å². The van der Waals surface area contributed by atoms with Crippen LogP contribution in [-0.2, 0) is 0 Å². The Morgan fingerprint density at radius 1 is 1.23 bits per heavy atom. The molecule has 3 aromatic heterocycles. The molecule has 2 aliphatic rings. The van der Waals surface area contributed by atoms with Gasteiger partial charge in [-0.15, -0.1) is 12.4 Å². The zero-order chi connectivity index (χ0) is 22.5. The van der Waals surface area contributed by atoms with Crippen LogP contribution in [-0.4, -0.2) is 50.0 Å². The van der Waals surface area contributed by atoms with Crippen molar-refractivity contribution in [3.8, 4) is 11.5 Å². The summed E-state index contributed by atoms with van der Waals surface area (Å²) in [5.41, 5.74) is 4.34. The van der Waals surface area contributed by atoms with Gasteiger partial charge in [0.05, 0.1) is 35.2 Å². The summed E-state index contributed by atoms with van der Waals surface area (Å²) in [6.45, 7) is 3.14. The summed E-state index contributed by atoms with van der Waals surface area (Å²) < 4.78 is 7.60. The second-order valence-electron chi connectivity index (χ2n) is 8.81. The Labute approximate surface area is 215 Å². The van der Waals surface area contributed by atoms with Crippen molar-refractivity contribution in [2.75, 3.05) is 23.3 Å². The molecule has 1 atom stereocenters. The highest BCUT2D eigenvalue weighted by atomic mass is 35.5. The van der Waals surface area contributed by atoms with Crippen LogP contribution in [0.1, 0.15) is 41.5 Å². The van der Waals surface area contributed by atoms with Gasteiger partial charge < -0.3 is 19.7 Å². The number of aromatic nitrogens is 4. The molecule has 1 saturated carbocycles. The first-order valence-electron chi connectivity index (χ1n) is 11.2. The first-order chi connectivity index (χ1) is 16.0. The van der Waals surface area contributed by atoms with E-state index in [-0.39, 0.29) is 43.6 Å². The minimum absolute atomic E-state index is 0. The number of nitrogens with one attached hydrogen (secondary N) is 1. The van der Waals surface area contributed by atoms with Gasteiger partial charge in [-0.05, 0) is 50.5 Å². The number of pyridine rings is 1. The molecular formula is C24H27ClN6O3S. The average Bonchev–Trinajstić information content (AvgIpc) is 3.20. The van der Waals surface area contributed by atoms with E-state index in [1.807, 2.05) is 36.0 Å². The summed E-state index contributed by atoms with van der Waals surface area (Å²) in [6.07, 6.45) is 7.49. The summed E-state index contributed by atoms with van der Waals surface area (Å²) in [7, 11) is 0. The molecule has 0 spiro atoms. The molecule has 0 radical (unpaired) electrons. The number of amides is 1. The Morgan fingerprint density at radius 3 is 2.77 bits per heavy atom. The number of aliphatic hydroxyl groups excluding tert-OH is 1. The lowest BCUT2D eigenvalue weighted by Crippen LogP contribution is -2.23. The molecular weight excluding hydrogens is 488 g/mol. The third-order valence-electron chi connectivity index (χ3n) is 6.24. The highest BCUT2D eigenvalue weighted by Crippen LogP contribution is 2.40. The number of aliphatic hydroxyl groups is 1. The molecule has 0 bridgehead atoms. The van der Waals surface area contributed by atoms with Crippen LogP contribution in [0.4, 0.5) is 11.4 Å². The zero-order valence-electron chi connectivity index (χ0n) is 19.1. The second kappa shape index (κ2) is 9.88. The maximum atomic E-state index is 13.1. The molecule has 1 saturated heterocycles. The number of hydrogen-bond donors (Lipinski definition) is 2. The number of benzene rings is 1. The lowest BCUT2D eigenvalue weighted by molar-refractivity contribution is 0.102. The molecule has 2 fully saturated rings. The summed E-state index contributed by atoms with van der Waals surface area (Å²) in [5, 5.41) is 18.7. The van der Waals surface area contributed by atoms with E-state index in [1.54, 1.807) is 12.3 Å². The Balaban J connectivity index is 0.00000144. The standard InChI is InChI=1S/C24H24N6O3.ClH.H2S/c1-14-8-15(4-6-25-14)24-28-20(13-33-24)23(32)27-19-10-21-16(11-26-30(21)17-2-3-17)9-22(19)29-7-5-18(31)12-29;;/h4,6,8-11,13,17-18,31H,2-3,5,7,12H2,1H3,(H,27,32);1H;1H2/t18-;;/m0../s1. The summed E-state index contributed by atoms with van der Waals surface area (Å²) >= 11 is 0. The minimum Gasteiger partial charge on any atom is -0.444 e. The molecule has 11 heteroatoms. The number of β-amino-alcohol motifs (C(OH)–C–C–N with tert-alkyl or cyclic N) is 1. The molecule has 2 N–H and O–H groups in total. The number of anilines is 2. The molecule has 9 nitrogen and oxygen atoms in total. The van der Waals surface area contributed by atoms with Gasteiger partial charge >= 0.3 is 0 Å². The van der Waals surface area contributed by atoms with E-state index in [0.29, 0.717) is 30.6 Å². The van der Waals surface area contributed by atoms with Crippen molar-refractivity contribution in [3.63, 3.8) is 0 Å². The molecule has 1 amide bonds. The van der Waals surface area contributed by atoms with Crippen molar-refractivity contribution in [3.05, 3.63) is 54.3 Å².